The molecule has 3 heterocycles. The molecule has 4 nitrogen and oxygen atoms in total. The van der Waals surface area contributed by atoms with Crippen LogP contribution >= 0.6 is 23.8 Å². The third-order valence-corrected chi connectivity index (χ3v) is 5.36. The lowest BCUT2D eigenvalue weighted by Crippen LogP contribution is -2.24. The number of nitrogens with zero attached hydrogens (tertiary/aromatic N) is 2. The van der Waals surface area contributed by atoms with Gasteiger partial charge in [0.2, 0.25) is 0 Å². The maximum atomic E-state index is 6.23. The Labute approximate surface area is 162 Å². The normalized spacial score (nSPS) is 19.7. The minimum Gasteiger partial charge on any atom is -0.459 e. The molecule has 6 heteroatoms. The summed E-state index contributed by atoms with van der Waals surface area (Å²) in [4.78, 5) is 6.50. The van der Waals surface area contributed by atoms with Crippen LogP contribution in [-0.2, 0) is 0 Å². The second kappa shape index (κ2) is 6.74. The average molecular weight is 384 g/mol. The Morgan fingerprint density at radius 3 is 2.81 bits per heavy atom. The van der Waals surface area contributed by atoms with Crippen molar-refractivity contribution in [3.05, 3.63) is 76.8 Å². The Hall–Kier alpha value is -2.37. The topological polar surface area (TPSA) is 41.3 Å². The highest BCUT2D eigenvalue weighted by Crippen LogP contribution is 2.40. The van der Waals surface area contributed by atoms with Crippen molar-refractivity contribution in [2.75, 3.05) is 7.05 Å². The van der Waals surface area contributed by atoms with E-state index in [2.05, 4.69) is 10.3 Å². The van der Waals surface area contributed by atoms with Crippen LogP contribution in [0.25, 0.3) is 11.3 Å². The number of aromatic nitrogens is 1. The van der Waals surface area contributed by atoms with Gasteiger partial charge in [-0.1, -0.05) is 23.7 Å². The molecule has 3 aromatic rings. The van der Waals surface area contributed by atoms with E-state index in [0.717, 1.165) is 28.3 Å². The first-order chi connectivity index (χ1) is 12.5. The van der Waals surface area contributed by atoms with Gasteiger partial charge in [0.25, 0.3) is 0 Å². The van der Waals surface area contributed by atoms with Gasteiger partial charge in [-0.15, -0.1) is 0 Å². The minimum absolute atomic E-state index is 0.0619. The van der Waals surface area contributed by atoms with Crippen molar-refractivity contribution in [3.8, 4) is 11.3 Å². The second-order valence-corrected chi connectivity index (χ2v) is 7.22. The van der Waals surface area contributed by atoms with Crippen LogP contribution in [-0.4, -0.2) is 22.0 Å². The lowest BCUT2D eigenvalue weighted by Gasteiger charge is -2.21. The van der Waals surface area contributed by atoms with Gasteiger partial charge in [0.05, 0.1) is 11.7 Å². The summed E-state index contributed by atoms with van der Waals surface area (Å²) in [6, 6.07) is 15.5. The number of likely N-dealkylation sites (N-methyl/N-ethyl adjacent to an activating group) is 1. The van der Waals surface area contributed by atoms with Gasteiger partial charge in [-0.2, -0.15) is 0 Å². The van der Waals surface area contributed by atoms with Crippen LogP contribution in [0.5, 0.6) is 0 Å². The zero-order valence-corrected chi connectivity index (χ0v) is 16.0. The summed E-state index contributed by atoms with van der Waals surface area (Å²) in [6.45, 7) is 2.04. The molecule has 132 valence electrons. The summed E-state index contributed by atoms with van der Waals surface area (Å²) in [5.74, 6) is 1.64. The summed E-state index contributed by atoms with van der Waals surface area (Å²) < 4.78 is 6.23. The molecule has 1 aliphatic heterocycles. The highest BCUT2D eigenvalue weighted by atomic mass is 35.5. The molecule has 1 aromatic carbocycles. The van der Waals surface area contributed by atoms with Crippen LogP contribution in [0.4, 0.5) is 0 Å². The van der Waals surface area contributed by atoms with E-state index in [1.807, 2.05) is 67.4 Å². The van der Waals surface area contributed by atoms with Crippen LogP contribution in [0.2, 0.25) is 5.02 Å². The zero-order valence-electron chi connectivity index (χ0n) is 14.4. The number of hydrogen-bond donors (Lipinski definition) is 1. The number of rotatable bonds is 3. The number of thiocarbonyl (C=S) groups is 1. The molecule has 2 atom stereocenters. The maximum Gasteiger partial charge on any atom is 0.170 e. The molecule has 1 aliphatic rings. The first-order valence-electron chi connectivity index (χ1n) is 8.35. The summed E-state index contributed by atoms with van der Waals surface area (Å²) in [5, 5.41) is 4.73. The first kappa shape index (κ1) is 17.1. The first-order valence-corrected chi connectivity index (χ1v) is 9.14. The molecule has 1 fully saturated rings. The molecule has 4 rings (SSSR count). The molecule has 0 bridgehead atoms. The van der Waals surface area contributed by atoms with E-state index >= 15 is 0 Å². The highest BCUT2D eigenvalue weighted by Gasteiger charge is 2.39. The monoisotopic (exact) mass is 383 g/mol. The van der Waals surface area contributed by atoms with Crippen LogP contribution < -0.4 is 5.32 Å². The van der Waals surface area contributed by atoms with Crippen molar-refractivity contribution in [2.24, 2.45) is 0 Å². The molecule has 0 unspecified atom stereocenters. The van der Waals surface area contributed by atoms with E-state index in [1.165, 1.54) is 0 Å². The van der Waals surface area contributed by atoms with Crippen molar-refractivity contribution in [1.82, 2.24) is 15.2 Å². The SMILES string of the molecule is Cc1ccc(Cl)cc1-c1ccc([C@H]2[C@@H](c3ccccn3)NC(=S)N2C)o1. The zero-order chi connectivity index (χ0) is 18.3. The predicted molar refractivity (Wildman–Crippen MR) is 107 cm³/mol. The van der Waals surface area contributed by atoms with Gasteiger partial charge in [0, 0.05) is 23.8 Å². The fourth-order valence-corrected chi connectivity index (χ4v) is 3.74. The van der Waals surface area contributed by atoms with Gasteiger partial charge in [-0.3, -0.25) is 4.98 Å². The van der Waals surface area contributed by atoms with E-state index < -0.39 is 0 Å². The smallest absolute Gasteiger partial charge is 0.170 e. The van der Waals surface area contributed by atoms with Gasteiger partial charge in [0.15, 0.2) is 5.11 Å². The van der Waals surface area contributed by atoms with E-state index in [0.29, 0.717) is 10.1 Å². The number of aryl methyl sites for hydroxylation is 1. The second-order valence-electron chi connectivity index (χ2n) is 6.40. The Morgan fingerprint density at radius 1 is 1.19 bits per heavy atom. The average Bonchev–Trinajstić information content (AvgIpc) is 3.23. The van der Waals surface area contributed by atoms with Crippen LogP contribution in [0, 0.1) is 6.92 Å². The molecule has 0 spiro atoms. The van der Waals surface area contributed by atoms with Crippen molar-refractivity contribution in [1.29, 1.82) is 0 Å². The number of pyridine rings is 1. The van der Waals surface area contributed by atoms with Crippen LogP contribution in [0.15, 0.2) is 59.1 Å². The fraction of sp³-hybridized carbons (Fsp3) is 0.200. The predicted octanol–water partition coefficient (Wildman–Crippen LogP) is 4.91. The Balaban J connectivity index is 1.73. The van der Waals surface area contributed by atoms with E-state index in [9.17, 15) is 0 Å². The van der Waals surface area contributed by atoms with E-state index in [-0.39, 0.29) is 12.1 Å². The van der Waals surface area contributed by atoms with Gasteiger partial charge in [-0.05, 0) is 61.1 Å². The van der Waals surface area contributed by atoms with Gasteiger partial charge in [-0.25, -0.2) is 0 Å². The number of halogens is 1. The number of furan rings is 1. The Kier molecular flexibility index (Phi) is 4.42. The standard InChI is InChI=1S/C20H18ClN3OS/c1-12-6-7-13(21)11-14(12)16-8-9-17(25-16)19-18(23-20(26)24(19)2)15-5-3-4-10-22-15/h3-11,18-19H,1-2H3,(H,23,26)/t18-,19+/m1/s1. The Morgan fingerprint density at radius 2 is 2.04 bits per heavy atom. The molecular formula is C20H18ClN3OS. The van der Waals surface area contributed by atoms with Crippen LogP contribution in [0.1, 0.15) is 29.1 Å². The van der Waals surface area contributed by atoms with Crippen molar-refractivity contribution in [2.45, 2.75) is 19.0 Å². The largest absolute Gasteiger partial charge is 0.459 e. The van der Waals surface area contributed by atoms with Gasteiger partial charge >= 0.3 is 0 Å². The molecular weight excluding hydrogens is 366 g/mol. The summed E-state index contributed by atoms with van der Waals surface area (Å²) >= 11 is 11.6. The molecule has 0 radical (unpaired) electrons. The fourth-order valence-electron chi connectivity index (χ4n) is 3.33. The van der Waals surface area contributed by atoms with Gasteiger partial charge < -0.3 is 14.6 Å². The molecule has 1 saturated heterocycles. The van der Waals surface area contributed by atoms with E-state index in [4.69, 9.17) is 28.2 Å². The summed E-state index contributed by atoms with van der Waals surface area (Å²) in [5.41, 5.74) is 3.04. The number of hydrogen-bond acceptors (Lipinski definition) is 3. The summed E-state index contributed by atoms with van der Waals surface area (Å²) in [7, 11) is 1.97. The molecule has 0 aliphatic carbocycles. The highest BCUT2D eigenvalue weighted by molar-refractivity contribution is 7.80. The molecule has 26 heavy (non-hydrogen) atoms. The Bertz CT molecular complexity index is 957. The number of benzene rings is 1. The third kappa shape index (κ3) is 2.97. The van der Waals surface area contributed by atoms with Gasteiger partial charge in [0.1, 0.15) is 17.6 Å². The quantitative estimate of drug-likeness (QED) is 0.651. The maximum absolute atomic E-state index is 6.23. The lowest BCUT2D eigenvalue weighted by atomic mass is 10.0. The molecule has 0 amide bonds. The molecule has 1 N–H and O–H groups in total. The van der Waals surface area contributed by atoms with Crippen molar-refractivity contribution in [3.63, 3.8) is 0 Å². The van der Waals surface area contributed by atoms with E-state index in [1.54, 1.807) is 6.20 Å². The molecule has 0 saturated carbocycles. The lowest BCUT2D eigenvalue weighted by molar-refractivity contribution is 0.310. The minimum atomic E-state index is -0.0642. The molecule has 2 aromatic heterocycles. The third-order valence-electron chi connectivity index (χ3n) is 4.72. The summed E-state index contributed by atoms with van der Waals surface area (Å²) in [6.07, 6.45) is 1.79. The van der Waals surface area contributed by atoms with Crippen molar-refractivity contribution >= 4 is 28.9 Å². The van der Waals surface area contributed by atoms with Crippen LogP contribution in [0.3, 0.4) is 0 Å². The number of nitrogens with one attached hydrogen (secondary N) is 1. The van der Waals surface area contributed by atoms with Crippen molar-refractivity contribution < 1.29 is 4.42 Å².